The van der Waals surface area contributed by atoms with Gasteiger partial charge in [0.25, 0.3) is 5.91 Å². The van der Waals surface area contributed by atoms with Gasteiger partial charge in [0.2, 0.25) is 5.91 Å². The molecule has 0 atom stereocenters. The smallest absolute Gasteiger partial charge is 0.255 e. The molecule has 2 aromatic carbocycles. The van der Waals surface area contributed by atoms with Crippen LogP contribution in [0.4, 0.5) is 11.4 Å². The van der Waals surface area contributed by atoms with Gasteiger partial charge in [0, 0.05) is 24.4 Å². The molecule has 24 heavy (non-hydrogen) atoms. The van der Waals surface area contributed by atoms with Crippen molar-refractivity contribution in [2.24, 2.45) is 0 Å². The highest BCUT2D eigenvalue weighted by atomic mass is 16.5. The van der Waals surface area contributed by atoms with Gasteiger partial charge >= 0.3 is 0 Å². The molecule has 0 spiro atoms. The van der Waals surface area contributed by atoms with Crippen LogP contribution >= 0.6 is 0 Å². The van der Waals surface area contributed by atoms with Crippen LogP contribution in [0.3, 0.4) is 0 Å². The third-order valence-electron chi connectivity index (χ3n) is 3.86. The molecule has 6 heteroatoms. The van der Waals surface area contributed by atoms with E-state index in [1.54, 1.807) is 56.6 Å². The van der Waals surface area contributed by atoms with E-state index in [-0.39, 0.29) is 11.8 Å². The van der Waals surface area contributed by atoms with Crippen LogP contribution in [0.15, 0.2) is 42.5 Å². The number of hydrogen-bond donors (Lipinski definition) is 1. The number of ether oxygens (including phenoxy) is 2. The van der Waals surface area contributed by atoms with Crippen LogP contribution in [0.1, 0.15) is 16.8 Å². The normalized spacial score (nSPS) is 13.6. The zero-order valence-corrected chi connectivity index (χ0v) is 13.5. The van der Waals surface area contributed by atoms with Gasteiger partial charge in [-0.3, -0.25) is 9.59 Å². The summed E-state index contributed by atoms with van der Waals surface area (Å²) in [6.07, 6.45) is 0.316. The Morgan fingerprint density at radius 1 is 1.25 bits per heavy atom. The molecular weight excluding hydrogens is 308 g/mol. The molecule has 0 aliphatic carbocycles. The van der Waals surface area contributed by atoms with Crippen molar-refractivity contribution in [3.63, 3.8) is 0 Å². The van der Waals surface area contributed by atoms with E-state index in [0.717, 1.165) is 0 Å². The van der Waals surface area contributed by atoms with Gasteiger partial charge in [-0.25, -0.2) is 0 Å². The number of rotatable bonds is 3. The maximum Gasteiger partial charge on any atom is 0.255 e. The lowest BCUT2D eigenvalue weighted by Gasteiger charge is -2.17. The van der Waals surface area contributed by atoms with E-state index in [0.29, 0.717) is 41.5 Å². The molecule has 1 aliphatic rings. The van der Waals surface area contributed by atoms with Crippen molar-refractivity contribution in [3.05, 3.63) is 48.0 Å². The molecule has 3 rings (SSSR count). The number of nitrogens with one attached hydrogen (secondary N) is 1. The lowest BCUT2D eigenvalue weighted by molar-refractivity contribution is -0.118. The minimum absolute atomic E-state index is 0.0425. The maximum atomic E-state index is 12.5. The summed E-state index contributed by atoms with van der Waals surface area (Å²) in [7, 11) is 3.25. The number of fused-ring (bicyclic) bond motifs is 1. The Labute approximate surface area is 140 Å². The largest absolute Gasteiger partial charge is 0.497 e. The topological polar surface area (TPSA) is 67.9 Å². The van der Waals surface area contributed by atoms with E-state index in [1.807, 2.05) is 0 Å². The molecule has 0 unspecified atom stereocenters. The van der Waals surface area contributed by atoms with Crippen molar-refractivity contribution >= 4 is 23.2 Å². The van der Waals surface area contributed by atoms with E-state index in [9.17, 15) is 9.59 Å². The lowest BCUT2D eigenvalue weighted by atomic mass is 10.1. The van der Waals surface area contributed by atoms with E-state index in [1.165, 1.54) is 4.90 Å². The van der Waals surface area contributed by atoms with E-state index >= 15 is 0 Å². The Balaban J connectivity index is 1.85. The average molecular weight is 326 g/mol. The summed E-state index contributed by atoms with van der Waals surface area (Å²) in [6, 6.07) is 12.2. The van der Waals surface area contributed by atoms with Crippen molar-refractivity contribution in [2.45, 2.75) is 6.42 Å². The van der Waals surface area contributed by atoms with Crippen molar-refractivity contribution in [2.75, 3.05) is 31.0 Å². The predicted octanol–water partition coefficient (Wildman–Crippen LogP) is 2.69. The van der Waals surface area contributed by atoms with Gasteiger partial charge in [-0.15, -0.1) is 0 Å². The summed E-state index contributed by atoms with van der Waals surface area (Å²) in [5, 5.41) is 2.82. The molecule has 0 saturated carbocycles. The van der Waals surface area contributed by atoms with Crippen LogP contribution in [0.25, 0.3) is 0 Å². The lowest BCUT2D eigenvalue weighted by Crippen LogP contribution is -2.25. The Kier molecular flexibility index (Phi) is 4.37. The molecule has 6 nitrogen and oxygen atoms in total. The molecule has 0 bridgehead atoms. The Morgan fingerprint density at radius 3 is 2.88 bits per heavy atom. The van der Waals surface area contributed by atoms with Gasteiger partial charge in [0.1, 0.15) is 11.5 Å². The molecule has 1 heterocycles. The molecule has 0 fully saturated rings. The first-order chi connectivity index (χ1) is 11.6. The standard InChI is InChI=1S/C18H18N2O4/c1-20-15-10-12(6-7-16(15)24-9-8-17(20)21)18(22)19-13-4-3-5-14(11-13)23-2/h3-7,10-11H,8-9H2,1-2H3,(H,19,22). The van der Waals surface area contributed by atoms with Gasteiger partial charge < -0.3 is 19.7 Å². The molecule has 0 aromatic heterocycles. The summed E-state index contributed by atoms with van der Waals surface area (Å²) in [5.41, 5.74) is 1.67. The zero-order valence-electron chi connectivity index (χ0n) is 13.5. The Hall–Kier alpha value is -3.02. The zero-order chi connectivity index (χ0) is 17.1. The van der Waals surface area contributed by atoms with E-state index in [2.05, 4.69) is 5.32 Å². The first-order valence-corrected chi connectivity index (χ1v) is 7.57. The van der Waals surface area contributed by atoms with Gasteiger partial charge in [-0.05, 0) is 30.3 Å². The van der Waals surface area contributed by atoms with Gasteiger partial charge in [0.15, 0.2) is 0 Å². The SMILES string of the molecule is COc1cccc(NC(=O)c2ccc3c(c2)N(C)C(=O)CCO3)c1. The maximum absolute atomic E-state index is 12.5. The summed E-state index contributed by atoms with van der Waals surface area (Å²) in [5.74, 6) is 0.949. The highest BCUT2D eigenvalue weighted by molar-refractivity contribution is 6.06. The van der Waals surface area contributed by atoms with Crippen molar-refractivity contribution in [3.8, 4) is 11.5 Å². The van der Waals surface area contributed by atoms with Crippen LogP contribution < -0.4 is 19.7 Å². The fraction of sp³-hybridized carbons (Fsp3) is 0.222. The van der Waals surface area contributed by atoms with Crippen LogP contribution in [0, 0.1) is 0 Å². The molecule has 0 saturated heterocycles. The third-order valence-corrected chi connectivity index (χ3v) is 3.86. The van der Waals surface area contributed by atoms with Gasteiger partial charge in [-0.2, -0.15) is 0 Å². The van der Waals surface area contributed by atoms with Gasteiger partial charge in [0.05, 0.1) is 25.8 Å². The number of anilines is 2. The molecule has 0 radical (unpaired) electrons. The highest BCUT2D eigenvalue weighted by Crippen LogP contribution is 2.31. The molecule has 2 amide bonds. The van der Waals surface area contributed by atoms with Crippen molar-refractivity contribution < 1.29 is 19.1 Å². The second-order valence-corrected chi connectivity index (χ2v) is 5.42. The quantitative estimate of drug-likeness (QED) is 0.941. The van der Waals surface area contributed by atoms with Crippen LogP contribution in [0.2, 0.25) is 0 Å². The number of benzene rings is 2. The number of hydrogen-bond acceptors (Lipinski definition) is 4. The number of nitrogens with zero attached hydrogens (tertiary/aromatic N) is 1. The van der Waals surface area contributed by atoms with Crippen LogP contribution in [0.5, 0.6) is 11.5 Å². The first-order valence-electron chi connectivity index (χ1n) is 7.57. The van der Waals surface area contributed by atoms with Crippen LogP contribution in [-0.2, 0) is 4.79 Å². The minimum atomic E-state index is -0.267. The average Bonchev–Trinajstić information content (AvgIpc) is 2.74. The van der Waals surface area contributed by atoms with Gasteiger partial charge in [-0.1, -0.05) is 6.07 Å². The molecule has 124 valence electrons. The monoisotopic (exact) mass is 326 g/mol. The van der Waals surface area contributed by atoms with E-state index < -0.39 is 0 Å². The predicted molar refractivity (Wildman–Crippen MR) is 90.9 cm³/mol. The summed E-state index contributed by atoms with van der Waals surface area (Å²) in [6.45, 7) is 0.339. The Morgan fingerprint density at radius 2 is 2.08 bits per heavy atom. The minimum Gasteiger partial charge on any atom is -0.497 e. The number of carbonyl (C=O) groups is 2. The number of carbonyl (C=O) groups excluding carboxylic acids is 2. The fourth-order valence-electron chi connectivity index (χ4n) is 2.50. The summed E-state index contributed by atoms with van der Waals surface area (Å²) >= 11 is 0. The molecule has 2 aromatic rings. The summed E-state index contributed by atoms with van der Waals surface area (Å²) in [4.78, 5) is 25.9. The van der Waals surface area contributed by atoms with E-state index in [4.69, 9.17) is 9.47 Å². The fourth-order valence-corrected chi connectivity index (χ4v) is 2.50. The highest BCUT2D eigenvalue weighted by Gasteiger charge is 2.21. The molecule has 1 aliphatic heterocycles. The second kappa shape index (κ2) is 6.62. The summed E-state index contributed by atoms with van der Waals surface area (Å²) < 4.78 is 10.7. The third kappa shape index (κ3) is 3.17. The Bertz CT molecular complexity index is 788. The molecular formula is C18H18N2O4. The van der Waals surface area contributed by atoms with Crippen LogP contribution in [-0.4, -0.2) is 32.6 Å². The number of methoxy groups -OCH3 is 1. The second-order valence-electron chi connectivity index (χ2n) is 5.42. The molecule has 1 N–H and O–H groups in total. The number of amides is 2. The van der Waals surface area contributed by atoms with Crippen molar-refractivity contribution in [1.29, 1.82) is 0 Å². The van der Waals surface area contributed by atoms with Crippen molar-refractivity contribution in [1.82, 2.24) is 0 Å². The first kappa shape index (κ1) is 15.9.